The van der Waals surface area contributed by atoms with E-state index in [-0.39, 0.29) is 43.9 Å². The van der Waals surface area contributed by atoms with Gasteiger partial charge in [-0.1, -0.05) is 106 Å². The molecule has 0 unspecified atom stereocenters. The number of benzene rings is 6. The third-order valence-corrected chi connectivity index (χ3v) is 10.1. The van der Waals surface area contributed by atoms with Crippen LogP contribution < -0.4 is 63.6 Å². The fourth-order valence-corrected chi connectivity index (χ4v) is 5.59. The second-order valence-corrected chi connectivity index (χ2v) is 17.7. The molecule has 6 aromatic rings. The number of anilines is 2. The van der Waals surface area contributed by atoms with Crippen molar-refractivity contribution in [2.75, 3.05) is 83.9 Å². The topological polar surface area (TPSA) is 318 Å². The summed E-state index contributed by atoms with van der Waals surface area (Å²) in [5.74, 6) is 2.29. The minimum Gasteiger partial charge on any atom is -0.493 e. The average Bonchev–Trinajstić information content (AvgIpc) is 3.42. The van der Waals surface area contributed by atoms with E-state index in [2.05, 4.69) is 20.7 Å². The first-order chi connectivity index (χ1) is 38.0. The van der Waals surface area contributed by atoms with Gasteiger partial charge < -0.3 is 73.2 Å². The molecule has 0 atom stereocenters. The number of carbonyl (C=O) groups is 6. The first-order valence-electron chi connectivity index (χ1n) is 25.4. The number of ketones is 1. The zero-order chi connectivity index (χ0) is 59.7. The van der Waals surface area contributed by atoms with Gasteiger partial charge in [-0.15, -0.1) is 0 Å². The number of likely N-dealkylation sites (N-methyl/N-ethyl adjacent to an activating group) is 1. The maximum absolute atomic E-state index is 11.2. The van der Waals surface area contributed by atoms with Crippen LogP contribution in [0.15, 0.2) is 146 Å². The largest absolute Gasteiger partial charge is 0.493 e. The second-order valence-electron chi connectivity index (χ2n) is 17.7. The highest BCUT2D eigenvalue weighted by Gasteiger charge is 2.03. The predicted molar refractivity (Wildman–Crippen MR) is 315 cm³/mol. The highest BCUT2D eigenvalue weighted by Crippen LogP contribution is 2.14. The third kappa shape index (κ3) is 37.4. The van der Waals surface area contributed by atoms with Crippen molar-refractivity contribution in [1.29, 1.82) is 0 Å². The molecule has 0 saturated carbocycles. The molecule has 432 valence electrons. The number of hydrogen-bond donors (Lipinski definition) is 8. The summed E-state index contributed by atoms with van der Waals surface area (Å²) in [6.07, 6.45) is -0.401. The Kier molecular flexibility index (Phi) is 35.1. The van der Waals surface area contributed by atoms with Crippen molar-refractivity contribution >= 4 is 47.0 Å². The molecule has 0 saturated heterocycles. The first-order valence-corrected chi connectivity index (χ1v) is 25.4. The van der Waals surface area contributed by atoms with Crippen LogP contribution >= 0.6 is 0 Å². The number of urea groups is 1. The number of aryl methyl sites for hydroxylation is 6. The summed E-state index contributed by atoms with van der Waals surface area (Å²) in [6.45, 7) is 14.3. The summed E-state index contributed by atoms with van der Waals surface area (Å²) in [7, 11) is 3.50. The summed E-state index contributed by atoms with van der Waals surface area (Å²) in [6, 6.07) is 45.7. The normalized spacial score (nSPS) is 9.56. The zero-order valence-corrected chi connectivity index (χ0v) is 47.3. The quantitative estimate of drug-likeness (QED) is 0.0316. The molecule has 0 fully saturated rings. The van der Waals surface area contributed by atoms with Gasteiger partial charge in [0.1, 0.15) is 48.6 Å². The molecule has 6 aromatic carbocycles. The van der Waals surface area contributed by atoms with Gasteiger partial charge in [-0.3, -0.25) is 19.2 Å². The van der Waals surface area contributed by atoms with Crippen molar-refractivity contribution in [2.45, 2.75) is 48.0 Å². The lowest BCUT2D eigenvalue weighted by atomic mass is 10.2. The molecule has 0 aliphatic heterocycles. The Labute approximate surface area is 470 Å². The first kappa shape index (κ1) is 68.7. The van der Waals surface area contributed by atoms with Crippen LogP contribution in [0.4, 0.5) is 21.0 Å². The van der Waals surface area contributed by atoms with Crippen molar-refractivity contribution in [3.63, 3.8) is 0 Å². The molecule has 0 heterocycles. The molecule has 0 bridgehead atoms. The Morgan fingerprint density at radius 2 is 0.787 bits per heavy atom. The van der Waals surface area contributed by atoms with Gasteiger partial charge in [0.05, 0.1) is 32.8 Å². The van der Waals surface area contributed by atoms with E-state index < -0.39 is 18.0 Å². The molecule has 20 heteroatoms. The summed E-state index contributed by atoms with van der Waals surface area (Å²) in [5, 5.41) is 8.40. The van der Waals surface area contributed by atoms with Crippen LogP contribution in [-0.2, 0) is 23.9 Å². The molecular weight excluding hydrogens is 1020 g/mol. The number of amides is 6. The zero-order valence-electron chi connectivity index (χ0n) is 47.3. The number of nitrogens with two attached hydrogens (primary N) is 5. The number of Topliss-reactive ketones (excluding diaryl/α,β-unsaturated/α-hetero) is 1. The Hall–Kier alpha value is -9.30. The minimum atomic E-state index is -0.780. The van der Waals surface area contributed by atoms with E-state index in [1.54, 1.807) is 31.1 Å². The summed E-state index contributed by atoms with van der Waals surface area (Å²) >= 11 is 0. The van der Waals surface area contributed by atoms with E-state index in [0.717, 1.165) is 34.2 Å². The van der Waals surface area contributed by atoms with Gasteiger partial charge in [0.2, 0.25) is 11.8 Å². The van der Waals surface area contributed by atoms with Gasteiger partial charge in [-0.05, 0) is 114 Å². The van der Waals surface area contributed by atoms with Crippen LogP contribution in [0.2, 0.25) is 0 Å². The molecule has 6 rings (SSSR count). The fraction of sp³-hybridized carbons (Fsp3) is 0.300. The lowest BCUT2D eigenvalue weighted by Crippen LogP contribution is -2.32. The minimum absolute atomic E-state index is 0.0251. The number of primary amides is 4. The van der Waals surface area contributed by atoms with Crippen LogP contribution in [0.5, 0.6) is 23.0 Å². The Morgan fingerprint density at radius 1 is 0.438 bits per heavy atom. The summed E-state index contributed by atoms with van der Waals surface area (Å²) in [4.78, 5) is 64.9. The molecule has 0 radical (unpaired) electrons. The van der Waals surface area contributed by atoms with Crippen molar-refractivity contribution in [1.82, 2.24) is 10.2 Å². The maximum Gasteiger partial charge on any atom is 0.404 e. The molecule has 0 aliphatic rings. The summed E-state index contributed by atoms with van der Waals surface area (Å²) < 4.78 is 25.5. The molecular formula is C60H81N9O11. The molecule has 6 amide bonds. The lowest BCUT2D eigenvalue weighted by molar-refractivity contribution is -0.127. The Bertz CT molecular complexity index is 2570. The second kappa shape index (κ2) is 40.9. The smallest absolute Gasteiger partial charge is 0.404 e. The van der Waals surface area contributed by atoms with Crippen LogP contribution in [-0.4, -0.2) is 114 Å². The molecule has 80 heavy (non-hydrogen) atoms. The number of rotatable bonds is 22. The fourth-order valence-electron chi connectivity index (χ4n) is 5.59. The average molecular weight is 1100 g/mol. The van der Waals surface area contributed by atoms with Crippen molar-refractivity contribution in [2.24, 2.45) is 28.7 Å². The molecule has 0 aromatic heterocycles. The number of nitrogens with one attached hydrogen (secondary N) is 3. The van der Waals surface area contributed by atoms with Crippen LogP contribution in [0.25, 0.3) is 0 Å². The lowest BCUT2D eigenvalue weighted by Gasteiger charge is -2.11. The number of ether oxygens (including phenoxy) is 5. The number of carbonyl (C=O) groups excluding carboxylic acids is 6. The highest BCUT2D eigenvalue weighted by molar-refractivity contribution is 5.81. The van der Waals surface area contributed by atoms with Crippen molar-refractivity contribution in [3.05, 3.63) is 179 Å². The van der Waals surface area contributed by atoms with Gasteiger partial charge in [0.15, 0.2) is 6.61 Å². The highest BCUT2D eigenvalue weighted by atomic mass is 16.6. The van der Waals surface area contributed by atoms with Gasteiger partial charge in [0, 0.05) is 31.9 Å². The molecule has 0 spiro atoms. The maximum atomic E-state index is 11.2. The van der Waals surface area contributed by atoms with E-state index in [4.69, 9.17) is 47.6 Å². The Morgan fingerprint density at radius 3 is 1.12 bits per heavy atom. The SMILES string of the molecule is Cc1ccc(NCC(=O)N(C)C)cc1.Cc1ccc(NCC(N)=O)cc1.Cc1ccc(OCC(N)=O)cc1.Cc1ccc(OCCC(=O)CN)cc1.Cc1ccc(OCCNC(N)=O)cc1.Cc1ccc(OCCOC(N)=O)cc1. The molecule has 13 N–H and O–H groups in total. The van der Waals surface area contributed by atoms with E-state index >= 15 is 0 Å². The van der Waals surface area contributed by atoms with Gasteiger partial charge in [-0.25, -0.2) is 9.59 Å². The van der Waals surface area contributed by atoms with E-state index in [9.17, 15) is 28.8 Å². The van der Waals surface area contributed by atoms with Crippen LogP contribution in [0.1, 0.15) is 39.8 Å². The van der Waals surface area contributed by atoms with Gasteiger partial charge in [0.25, 0.3) is 5.91 Å². The standard InChI is InChI=1S/C11H16N2O.C11H15NO2.C10H14N2O2.C10H13NO3.C9H12N2O.C9H11NO2/c1-9-4-6-10(7-5-9)12-8-11(14)13(2)3;1-9-2-4-11(5-3-9)14-7-6-10(13)8-12;1-8-2-4-9(5-3-8)14-7-6-12-10(11)13;1-8-2-4-9(5-3-8)13-6-7-14-10(11)12;1-7-2-4-8(5-3-7)11-6-9(10)12;1-7-2-4-8(5-3-7)12-6-9(10)11/h4-7,12H,8H2,1-3H3;2-5H,6-8,12H2,1H3;2-5H,6-7H2,1H3,(H3,11,12,13);2-5H,6-7H2,1H3,(H2,11,12);2-5,11H,6H2,1H3,(H2,10,12);2-5H,6H2,1H3,(H2,10,11). The van der Waals surface area contributed by atoms with Crippen LogP contribution in [0.3, 0.4) is 0 Å². The van der Waals surface area contributed by atoms with Crippen LogP contribution in [0, 0.1) is 41.5 Å². The van der Waals surface area contributed by atoms with E-state index in [0.29, 0.717) is 45.1 Å². The number of nitrogens with zero attached hydrogens (tertiary/aromatic N) is 1. The van der Waals surface area contributed by atoms with Gasteiger partial charge in [-0.2, -0.15) is 0 Å². The molecule has 20 nitrogen and oxygen atoms in total. The monoisotopic (exact) mass is 1100 g/mol. The number of hydrogen-bond acceptors (Lipinski definition) is 14. The third-order valence-electron chi connectivity index (χ3n) is 10.1. The van der Waals surface area contributed by atoms with Gasteiger partial charge >= 0.3 is 12.1 Å². The van der Waals surface area contributed by atoms with Crippen molar-refractivity contribution in [3.8, 4) is 23.0 Å². The predicted octanol–water partition coefficient (Wildman–Crippen LogP) is 7.05. The van der Waals surface area contributed by atoms with E-state index in [1.165, 1.54) is 27.8 Å². The van der Waals surface area contributed by atoms with E-state index in [1.807, 2.05) is 175 Å². The Balaban J connectivity index is 0.000000481. The molecule has 0 aliphatic carbocycles. The van der Waals surface area contributed by atoms with Crippen molar-refractivity contribution < 1.29 is 52.5 Å². The summed E-state index contributed by atoms with van der Waals surface area (Å²) in [5.41, 5.74) is 33.7.